The average molecular weight is 353 g/mol. The minimum Gasteiger partial charge on any atom is -0.341 e. The van der Waals surface area contributed by atoms with Crippen molar-refractivity contribution < 1.29 is 0 Å². The van der Waals surface area contributed by atoms with Crippen LogP contribution >= 0.6 is 0 Å². The summed E-state index contributed by atoms with van der Waals surface area (Å²) in [7, 11) is 0. The molecular weight excluding hydrogens is 320 g/mol. The summed E-state index contributed by atoms with van der Waals surface area (Å²) in [5.74, 6) is 3.25. The number of anilines is 1. The van der Waals surface area contributed by atoms with Gasteiger partial charge in [-0.1, -0.05) is 32.0 Å². The van der Waals surface area contributed by atoms with Gasteiger partial charge in [0.05, 0.1) is 0 Å². The molecule has 0 spiro atoms. The van der Waals surface area contributed by atoms with Gasteiger partial charge in [0, 0.05) is 19.5 Å². The van der Waals surface area contributed by atoms with Crippen molar-refractivity contribution in [2.75, 3.05) is 18.0 Å². The van der Waals surface area contributed by atoms with E-state index in [1.54, 1.807) is 0 Å². The van der Waals surface area contributed by atoms with Gasteiger partial charge in [-0.3, -0.25) is 0 Å². The van der Waals surface area contributed by atoms with Gasteiger partial charge in [0.2, 0.25) is 5.95 Å². The molecule has 4 heteroatoms. The van der Waals surface area contributed by atoms with Gasteiger partial charge in [-0.05, 0) is 68.6 Å². The first kappa shape index (κ1) is 18.8. The van der Waals surface area contributed by atoms with Gasteiger partial charge < -0.3 is 4.90 Å². The quantitative estimate of drug-likeness (QED) is 0.750. The van der Waals surface area contributed by atoms with Crippen molar-refractivity contribution in [1.82, 2.24) is 15.0 Å². The molecule has 4 nitrogen and oxygen atoms in total. The molecule has 0 unspecified atom stereocenters. The second-order valence-electron chi connectivity index (χ2n) is 7.85. The Morgan fingerprint density at radius 1 is 0.962 bits per heavy atom. The van der Waals surface area contributed by atoms with E-state index in [9.17, 15) is 0 Å². The fourth-order valence-electron chi connectivity index (χ4n) is 3.86. The maximum Gasteiger partial charge on any atom is 0.228 e. The van der Waals surface area contributed by atoms with E-state index in [2.05, 4.69) is 53.8 Å². The highest BCUT2D eigenvalue weighted by molar-refractivity contribution is 5.33. The number of hydrogen-bond donors (Lipinski definition) is 0. The van der Waals surface area contributed by atoms with E-state index in [1.807, 2.05) is 6.92 Å². The fourth-order valence-corrected chi connectivity index (χ4v) is 3.86. The van der Waals surface area contributed by atoms with Gasteiger partial charge in [0.15, 0.2) is 0 Å². The predicted octanol–water partition coefficient (Wildman–Crippen LogP) is 4.78. The summed E-state index contributed by atoms with van der Waals surface area (Å²) in [4.78, 5) is 16.2. The number of rotatable bonds is 6. The Bertz CT molecular complexity index is 733. The molecule has 1 saturated heterocycles. The first-order valence-electron chi connectivity index (χ1n) is 10.1. The molecule has 0 atom stereocenters. The maximum atomic E-state index is 4.75. The van der Waals surface area contributed by atoms with Gasteiger partial charge in [0.1, 0.15) is 11.6 Å². The molecule has 3 rings (SSSR count). The zero-order valence-corrected chi connectivity index (χ0v) is 16.8. The summed E-state index contributed by atoms with van der Waals surface area (Å²) >= 11 is 0. The lowest BCUT2D eigenvalue weighted by molar-refractivity contribution is 0.564. The van der Waals surface area contributed by atoms with Gasteiger partial charge in [0.25, 0.3) is 0 Å². The molecule has 2 aromatic rings. The highest BCUT2D eigenvalue weighted by Crippen LogP contribution is 2.21. The summed E-state index contributed by atoms with van der Waals surface area (Å²) in [6.45, 7) is 10.9. The van der Waals surface area contributed by atoms with Crippen LogP contribution in [0, 0.1) is 13.8 Å². The fraction of sp³-hybridized carbons (Fsp3) is 0.591. The number of hydrogen-bond acceptors (Lipinski definition) is 4. The lowest BCUT2D eigenvalue weighted by Crippen LogP contribution is -2.31. The van der Waals surface area contributed by atoms with E-state index >= 15 is 0 Å². The van der Waals surface area contributed by atoms with Crippen LogP contribution in [0.25, 0.3) is 0 Å². The zero-order valence-electron chi connectivity index (χ0n) is 16.8. The van der Waals surface area contributed by atoms with Crippen molar-refractivity contribution in [1.29, 1.82) is 0 Å². The number of piperidine rings is 1. The molecule has 0 aliphatic carbocycles. The topological polar surface area (TPSA) is 41.9 Å². The Hall–Kier alpha value is -1.97. The lowest BCUT2D eigenvalue weighted by atomic mass is 9.95. The molecule has 1 fully saturated rings. The van der Waals surface area contributed by atoms with Crippen LogP contribution in [0.15, 0.2) is 18.2 Å². The summed E-state index contributed by atoms with van der Waals surface area (Å²) in [5.41, 5.74) is 4.27. The molecule has 1 aromatic carbocycles. The summed E-state index contributed by atoms with van der Waals surface area (Å²) in [6.07, 6.45) is 6.86. The first-order valence-corrected chi connectivity index (χ1v) is 10.1. The van der Waals surface area contributed by atoms with E-state index in [1.165, 1.54) is 36.0 Å². The Balaban J connectivity index is 1.61. The van der Waals surface area contributed by atoms with Crippen molar-refractivity contribution in [3.05, 3.63) is 46.5 Å². The Labute approximate surface area is 158 Å². The van der Waals surface area contributed by atoms with E-state index in [0.717, 1.165) is 49.9 Å². The van der Waals surface area contributed by atoms with Crippen LogP contribution in [-0.2, 0) is 12.8 Å². The number of aryl methyl sites for hydroxylation is 4. The Morgan fingerprint density at radius 3 is 2.42 bits per heavy atom. The third-order valence-electron chi connectivity index (χ3n) is 5.24. The van der Waals surface area contributed by atoms with Crippen molar-refractivity contribution in [3.63, 3.8) is 0 Å². The number of aromatic nitrogens is 3. The van der Waals surface area contributed by atoms with Crippen LogP contribution in [0.1, 0.15) is 73.8 Å². The standard InChI is InChI=1S/C22H32N4/c1-16(2)20-12-11-19(15-17(20)3)9-8-10-21-23-18(4)24-22(25-21)26-13-6-5-7-14-26/h11-12,15-16H,5-10,13-14H2,1-4H3. The summed E-state index contributed by atoms with van der Waals surface area (Å²) < 4.78 is 0. The SMILES string of the molecule is Cc1nc(CCCc2ccc(C(C)C)c(C)c2)nc(N2CCCCC2)n1. The van der Waals surface area contributed by atoms with Gasteiger partial charge in [-0.2, -0.15) is 9.97 Å². The minimum atomic E-state index is 0.588. The maximum absolute atomic E-state index is 4.75. The van der Waals surface area contributed by atoms with Crippen LogP contribution in [-0.4, -0.2) is 28.0 Å². The average Bonchev–Trinajstić information content (AvgIpc) is 2.62. The number of nitrogens with zero attached hydrogens (tertiary/aromatic N) is 4. The molecule has 1 aliphatic heterocycles. The van der Waals surface area contributed by atoms with E-state index < -0.39 is 0 Å². The van der Waals surface area contributed by atoms with Gasteiger partial charge >= 0.3 is 0 Å². The van der Waals surface area contributed by atoms with E-state index in [-0.39, 0.29) is 0 Å². The second-order valence-corrected chi connectivity index (χ2v) is 7.85. The Morgan fingerprint density at radius 2 is 1.73 bits per heavy atom. The summed E-state index contributed by atoms with van der Waals surface area (Å²) in [5, 5.41) is 0. The highest BCUT2D eigenvalue weighted by Gasteiger charge is 2.15. The first-order chi connectivity index (χ1) is 12.5. The monoisotopic (exact) mass is 352 g/mol. The van der Waals surface area contributed by atoms with Crippen molar-refractivity contribution in [3.8, 4) is 0 Å². The zero-order chi connectivity index (χ0) is 18.5. The van der Waals surface area contributed by atoms with Crippen molar-refractivity contribution >= 4 is 5.95 Å². The molecule has 0 saturated carbocycles. The third-order valence-corrected chi connectivity index (χ3v) is 5.24. The van der Waals surface area contributed by atoms with E-state index in [4.69, 9.17) is 4.98 Å². The largest absolute Gasteiger partial charge is 0.341 e. The van der Waals surface area contributed by atoms with Crippen molar-refractivity contribution in [2.24, 2.45) is 0 Å². The minimum absolute atomic E-state index is 0.588. The Kier molecular flexibility index (Phi) is 6.23. The molecule has 140 valence electrons. The second kappa shape index (κ2) is 8.61. The molecular formula is C22H32N4. The molecule has 0 N–H and O–H groups in total. The summed E-state index contributed by atoms with van der Waals surface area (Å²) in [6, 6.07) is 6.91. The third kappa shape index (κ3) is 4.80. The molecule has 0 amide bonds. The lowest BCUT2D eigenvalue weighted by Gasteiger charge is -2.26. The smallest absolute Gasteiger partial charge is 0.228 e. The van der Waals surface area contributed by atoms with Gasteiger partial charge in [-0.25, -0.2) is 4.98 Å². The molecule has 26 heavy (non-hydrogen) atoms. The highest BCUT2D eigenvalue weighted by atomic mass is 15.3. The van der Waals surface area contributed by atoms with Gasteiger partial charge in [-0.15, -0.1) is 0 Å². The van der Waals surface area contributed by atoms with Crippen LogP contribution in [0.3, 0.4) is 0 Å². The normalized spacial score (nSPS) is 14.9. The van der Waals surface area contributed by atoms with Crippen LogP contribution in [0.2, 0.25) is 0 Å². The molecule has 2 heterocycles. The molecule has 1 aliphatic rings. The van der Waals surface area contributed by atoms with Crippen LogP contribution in [0.5, 0.6) is 0 Å². The molecule has 0 radical (unpaired) electrons. The van der Waals surface area contributed by atoms with E-state index in [0.29, 0.717) is 5.92 Å². The predicted molar refractivity (Wildman–Crippen MR) is 108 cm³/mol. The van der Waals surface area contributed by atoms with Crippen LogP contribution < -0.4 is 4.90 Å². The number of benzene rings is 1. The molecule has 1 aromatic heterocycles. The molecule has 0 bridgehead atoms. The van der Waals surface area contributed by atoms with Crippen LogP contribution in [0.4, 0.5) is 5.95 Å². The van der Waals surface area contributed by atoms with Crippen molar-refractivity contribution in [2.45, 2.75) is 72.1 Å².